The number of hydrogen-bond donors (Lipinski definition) is 24. The molecule has 0 radical (unpaired) electrons. The van der Waals surface area contributed by atoms with Gasteiger partial charge in [0, 0.05) is 50.2 Å². The number of carboxylic acid groups (broad SMARTS) is 1. The number of thiol groups is 1. The number of nitrogens with one attached hydrogen (secondary N) is 15. The van der Waals surface area contributed by atoms with Gasteiger partial charge in [0.05, 0.1) is 25.6 Å². The van der Waals surface area contributed by atoms with Gasteiger partial charge in [0.25, 0.3) is 0 Å². The fourth-order valence-corrected chi connectivity index (χ4v) is 15.2. The third-order valence-corrected chi connectivity index (χ3v) is 24.2. The Morgan fingerprint density at radius 2 is 0.809 bits per heavy atom. The number of carboxylic acids is 1. The second-order valence-corrected chi connectivity index (χ2v) is 35.9. The van der Waals surface area contributed by atoms with Crippen LogP contribution in [-0.2, 0) is 87.9 Å². The largest absolute Gasteiger partial charge is 0.480 e. The van der Waals surface area contributed by atoms with Crippen molar-refractivity contribution < 1.29 is 96.8 Å². The molecule has 2 fully saturated rings. The van der Waals surface area contributed by atoms with Gasteiger partial charge in [0.1, 0.15) is 96.7 Å². The van der Waals surface area contributed by atoms with Gasteiger partial charge < -0.3 is 133 Å². The maximum atomic E-state index is 14.9. The van der Waals surface area contributed by atoms with Crippen LogP contribution in [0.1, 0.15) is 199 Å². The van der Waals surface area contributed by atoms with E-state index in [4.69, 9.17) is 28.7 Å². The van der Waals surface area contributed by atoms with Crippen molar-refractivity contribution >= 4 is 137 Å². The second-order valence-electron chi connectivity index (χ2n) is 34.5. The summed E-state index contributed by atoms with van der Waals surface area (Å²) in [5, 5.41) is 67.3. The number of hydrogen-bond acceptors (Lipinski definition) is 25. The molecule has 1 aromatic rings. The molecule has 0 saturated carbocycles. The first-order chi connectivity index (χ1) is 61.8. The van der Waals surface area contributed by atoms with E-state index in [2.05, 4.69) is 107 Å². The van der Waals surface area contributed by atoms with Crippen molar-refractivity contribution in [2.24, 2.45) is 74.2 Å². The van der Waals surface area contributed by atoms with Crippen LogP contribution in [0, 0.1) is 35.5 Å². The smallest absolute Gasteiger partial charge is 0.326 e. The zero-order valence-corrected chi connectivity index (χ0v) is 79.9. The number of thioether (sulfide) groups is 1. The minimum atomic E-state index is -1.68. The first kappa shape index (κ1) is 114. The van der Waals surface area contributed by atoms with Crippen LogP contribution in [0.25, 0.3) is 0 Å². The highest BCUT2D eigenvalue weighted by Crippen LogP contribution is 2.25. The van der Waals surface area contributed by atoms with E-state index in [0.717, 1.165) is 0 Å². The molecule has 1 aromatic heterocycles. The lowest BCUT2D eigenvalue weighted by Gasteiger charge is -2.33. The lowest BCUT2D eigenvalue weighted by molar-refractivity contribution is -0.144. The number of nitrogens with zero attached hydrogens (tertiary/aromatic N) is 5. The molecule has 47 heteroatoms. The molecule has 0 unspecified atom stereocenters. The van der Waals surface area contributed by atoms with Gasteiger partial charge in [0.15, 0.2) is 11.9 Å². The molecule has 0 aromatic carbocycles. The monoisotopic (exact) mass is 1890 g/mol. The third-order valence-electron chi connectivity index (χ3n) is 23.2. The molecule has 740 valence electrons. The number of nitrogens with two attached hydrogens (primary N) is 5. The van der Waals surface area contributed by atoms with Gasteiger partial charge >= 0.3 is 5.97 Å². The lowest BCUT2D eigenvalue weighted by atomic mass is 9.95. The molecule has 16 amide bonds. The Kier molecular flexibility index (Phi) is 50.9. The second kappa shape index (κ2) is 58.3. The molecule has 0 spiro atoms. The van der Waals surface area contributed by atoms with E-state index < -0.39 is 240 Å². The normalized spacial score (nSPS) is 18.0. The molecule has 0 bridgehead atoms. The topological polar surface area (TPSA) is 709 Å². The summed E-state index contributed by atoms with van der Waals surface area (Å²) in [7, 11) is 0. The van der Waals surface area contributed by atoms with E-state index >= 15 is 0 Å². The highest BCUT2D eigenvalue weighted by Gasteiger charge is 2.45. The number of carbonyl (C=O) groups is 17. The van der Waals surface area contributed by atoms with E-state index in [1.807, 2.05) is 6.26 Å². The summed E-state index contributed by atoms with van der Waals surface area (Å²) < 4.78 is 0. The van der Waals surface area contributed by atoms with Crippen LogP contribution in [-0.4, -0.2) is 307 Å². The number of aliphatic imine (C=N–C) groups is 2. The van der Waals surface area contributed by atoms with Crippen molar-refractivity contribution in [1.82, 2.24) is 94.2 Å². The molecule has 2 saturated heterocycles. The number of aliphatic carboxylic acids is 1. The zero-order chi connectivity index (χ0) is 98.8. The molecule has 3 rings (SSSR count). The van der Waals surface area contributed by atoms with E-state index in [9.17, 15) is 96.8 Å². The summed E-state index contributed by atoms with van der Waals surface area (Å²) in [5.41, 5.74) is 28.9. The first-order valence-corrected chi connectivity index (χ1v) is 47.1. The van der Waals surface area contributed by atoms with Crippen LogP contribution in [0.15, 0.2) is 22.5 Å². The Balaban J connectivity index is 1.87. The highest BCUT2D eigenvalue weighted by molar-refractivity contribution is 7.98. The fourth-order valence-electron chi connectivity index (χ4n) is 14.5. The van der Waals surface area contributed by atoms with Gasteiger partial charge in [0.2, 0.25) is 94.5 Å². The average molecular weight is 1890 g/mol. The van der Waals surface area contributed by atoms with Crippen molar-refractivity contribution in [2.75, 3.05) is 57.2 Å². The van der Waals surface area contributed by atoms with E-state index in [1.54, 1.807) is 83.1 Å². The van der Waals surface area contributed by atoms with Crippen molar-refractivity contribution in [1.29, 1.82) is 0 Å². The van der Waals surface area contributed by atoms with E-state index in [1.165, 1.54) is 47.9 Å². The Morgan fingerprint density at radius 1 is 0.458 bits per heavy atom. The fraction of sp³-hybridized carbons (Fsp3) is 0.738. The molecular formula is C84H147N25O20S2. The van der Waals surface area contributed by atoms with Crippen molar-refractivity contribution in [3.63, 3.8) is 0 Å². The van der Waals surface area contributed by atoms with Gasteiger partial charge in [-0.1, -0.05) is 109 Å². The predicted octanol–water partition coefficient (Wildman–Crippen LogP) is -4.78. The van der Waals surface area contributed by atoms with Gasteiger partial charge in [-0.15, -0.1) is 0 Å². The Labute approximate surface area is 776 Å². The number of rotatable bonds is 59. The van der Waals surface area contributed by atoms with Crippen molar-refractivity contribution in [3.05, 3.63) is 18.2 Å². The molecule has 131 heavy (non-hydrogen) atoms. The summed E-state index contributed by atoms with van der Waals surface area (Å²) in [4.78, 5) is 257. The van der Waals surface area contributed by atoms with Gasteiger partial charge in [-0.05, 0) is 132 Å². The van der Waals surface area contributed by atoms with Crippen LogP contribution in [0.3, 0.4) is 0 Å². The minimum Gasteiger partial charge on any atom is -0.480 e. The molecule has 2 aliphatic rings. The molecule has 45 nitrogen and oxygen atoms in total. The summed E-state index contributed by atoms with van der Waals surface area (Å²) in [6.07, 6.45) is 6.91. The number of likely N-dealkylation sites (tertiary alicyclic amines) is 2. The van der Waals surface area contributed by atoms with E-state index in [0.29, 0.717) is 56.4 Å². The summed E-state index contributed by atoms with van der Waals surface area (Å²) in [6.45, 7) is 21.6. The average Bonchev–Trinajstić information content (AvgIpc) is 1.66. The molecular weight excluding hydrogens is 1740 g/mol. The number of aromatic amines is 1. The molecule has 28 N–H and O–H groups in total. The number of carbonyl (C=O) groups excluding carboxylic acids is 16. The standard InChI is InChI=1S/C84H147N25O20S2/c1-16-44(9)62(78(124)100-55(35-43(7)8)72(118)106-64(46(11)18-3)81(127)109-32-23-27-61(109)77(123)101-57(38-110)73(119)95-49(14)67(113)105-63(45(10)17-2)79(125)103-59(40-130)75(121)107-65(82(128)129)47(12)19-4)104-66(112)48(13)94-68(114)52(24-20-29-91-83(86)87)96-70(116)54(34-42(5)6)98-71(117)56(36-50-37-90-41-93-50)99-69(115)53(25-21-30-92-84(88)89)97-74(120)58(39-111)102-76(122)60-26-22-31-108(60)80(126)51(85)28-33-131-15/h37,41-49,51-65,110-111,130H,16-36,38-40,85H2,1-15H3,(H,90,93)(H,94,114)(H,95,119)(H,96,116)(H,97,120)(H,98,117)(H,99,115)(H,100,124)(H,101,123)(H,102,122)(H,103,125)(H,104,112)(H,105,113)(H,106,118)(H,107,121)(H,128,129)(H4,86,87,91)(H4,88,89,92)/t44-,45-,46-,47-,48-,49-,51-,52-,53-,54-,55-,56-,57-,58-,59-,60-,61-,62-,63-,64-,65-/m0/s1. The van der Waals surface area contributed by atoms with Crippen LogP contribution < -0.4 is 103 Å². The Hall–Kier alpha value is -10.7. The molecule has 2 aliphatic heterocycles. The number of aliphatic hydroxyl groups is 2. The molecule has 3 heterocycles. The first-order valence-electron chi connectivity index (χ1n) is 45.0. The van der Waals surface area contributed by atoms with E-state index in [-0.39, 0.29) is 113 Å². The molecule has 21 atom stereocenters. The predicted molar refractivity (Wildman–Crippen MR) is 493 cm³/mol. The number of imidazole rings is 1. The summed E-state index contributed by atoms with van der Waals surface area (Å²) in [5.74, 6) is -17.7. The Bertz CT molecular complexity index is 4010. The quantitative estimate of drug-likeness (QED) is 0.0126. The summed E-state index contributed by atoms with van der Waals surface area (Å²) >= 11 is 5.70. The minimum absolute atomic E-state index is 0.0130. The number of aliphatic hydroxyl groups excluding tert-OH is 2. The van der Waals surface area contributed by atoms with Crippen LogP contribution in [0.4, 0.5) is 0 Å². The van der Waals surface area contributed by atoms with Crippen LogP contribution >= 0.6 is 24.4 Å². The van der Waals surface area contributed by atoms with Gasteiger partial charge in [-0.2, -0.15) is 24.4 Å². The number of aromatic nitrogens is 2. The third kappa shape index (κ3) is 37.8. The van der Waals surface area contributed by atoms with Crippen LogP contribution in [0.2, 0.25) is 0 Å². The van der Waals surface area contributed by atoms with Gasteiger partial charge in [-0.3, -0.25) is 86.7 Å². The molecule has 0 aliphatic carbocycles. The maximum Gasteiger partial charge on any atom is 0.326 e. The number of guanidine groups is 2. The zero-order valence-electron chi connectivity index (χ0n) is 78.2. The maximum absolute atomic E-state index is 14.9. The van der Waals surface area contributed by atoms with Crippen molar-refractivity contribution in [3.8, 4) is 0 Å². The SMILES string of the molecule is CC[C@H](C)[C@H](NC(=O)[C@H](CS)NC(=O)[C@@H](NC(=O)[C@H](C)NC(=O)[C@H](CO)NC(=O)[C@@H]1CCCN1C(=O)[C@@H](NC(=O)[C@H](CC(C)C)NC(=O)[C@@H](NC(=O)[C@H](C)NC(=O)[C@H](CCCN=C(N)N)NC(=O)[C@H](CC(C)C)NC(=O)[C@H](Cc1cnc[nH]1)NC(=O)[C@H](CCCN=C(N)N)NC(=O)[C@H](CO)NC(=O)[C@@H]1CCCN1C(=O)[C@@H](N)CCSC)[C@@H](C)CC)[C@@H](C)CC)[C@@H](C)CC)C(=O)O. The highest BCUT2D eigenvalue weighted by atomic mass is 32.2. The summed E-state index contributed by atoms with van der Waals surface area (Å²) in [6, 6.07) is -23.1. The van der Waals surface area contributed by atoms with Crippen molar-refractivity contribution in [2.45, 2.75) is 302 Å². The van der Waals surface area contributed by atoms with Crippen LogP contribution in [0.5, 0.6) is 0 Å². The Morgan fingerprint density at radius 3 is 1.21 bits per heavy atom. The number of H-pyrrole nitrogens is 1. The number of amides is 16. The van der Waals surface area contributed by atoms with Gasteiger partial charge in [-0.25, -0.2) is 9.78 Å². The lowest BCUT2D eigenvalue weighted by Crippen LogP contribution is -2.62.